The fraction of sp³-hybridized carbons (Fsp3) is 0.605. The molecule has 0 aromatic heterocycles. The van der Waals surface area contributed by atoms with Crippen molar-refractivity contribution in [2.75, 3.05) is 13.2 Å². The smallest absolute Gasteiger partial charge is 0.394 e. The number of hydrogen-bond acceptors (Lipinski definition) is 7. The molecule has 8 nitrogen and oxygen atoms in total. The van der Waals surface area contributed by atoms with E-state index in [1.54, 1.807) is 0 Å². The van der Waals surface area contributed by atoms with Crippen LogP contribution in [0.2, 0.25) is 0 Å². The van der Waals surface area contributed by atoms with E-state index in [0.717, 1.165) is 43.4 Å². The molecule has 1 aliphatic heterocycles. The fourth-order valence-electron chi connectivity index (χ4n) is 5.88. The Labute approximate surface area is 289 Å². The summed E-state index contributed by atoms with van der Waals surface area (Å²) >= 11 is 0. The highest BCUT2D eigenvalue weighted by Crippen LogP contribution is 2.30. The van der Waals surface area contributed by atoms with Gasteiger partial charge in [0.25, 0.3) is 0 Å². The summed E-state index contributed by atoms with van der Waals surface area (Å²) in [5.41, 5.74) is 0.687. The van der Waals surface area contributed by atoms with Crippen LogP contribution in [0.25, 0.3) is 0 Å². The molecule has 49 heavy (non-hydrogen) atoms. The van der Waals surface area contributed by atoms with Gasteiger partial charge in [-0.05, 0) is 29.7 Å². The predicted octanol–water partition coefficient (Wildman–Crippen LogP) is 7.25. The maximum Gasteiger partial charge on any atom is 0.416 e. The number of carbonyl (C=O) groups is 1. The zero-order chi connectivity index (χ0) is 35.5. The molecular weight excluding hydrogens is 639 g/mol. The molecule has 2 aromatic carbocycles. The lowest BCUT2D eigenvalue weighted by atomic mass is 9.96. The van der Waals surface area contributed by atoms with Gasteiger partial charge in [-0.2, -0.15) is 13.2 Å². The summed E-state index contributed by atoms with van der Waals surface area (Å²) in [6.45, 7) is 5.68. The highest BCUT2D eigenvalue weighted by molar-refractivity contribution is 5.77. The Morgan fingerprint density at radius 3 is 2.18 bits per heavy atom. The Morgan fingerprint density at radius 1 is 0.939 bits per heavy atom. The first kappa shape index (κ1) is 40.6. The van der Waals surface area contributed by atoms with Gasteiger partial charge < -0.3 is 34.5 Å². The highest BCUT2D eigenvalue weighted by Gasteiger charge is 2.47. The van der Waals surface area contributed by atoms with Crippen LogP contribution in [0.1, 0.15) is 94.2 Å². The molecule has 274 valence electrons. The van der Waals surface area contributed by atoms with Gasteiger partial charge in [0.05, 0.1) is 44.5 Å². The van der Waals surface area contributed by atoms with Crippen molar-refractivity contribution in [2.24, 2.45) is 0 Å². The van der Waals surface area contributed by atoms with Gasteiger partial charge in [-0.15, -0.1) is 6.58 Å². The van der Waals surface area contributed by atoms with Crippen LogP contribution in [0.3, 0.4) is 0 Å². The molecule has 1 heterocycles. The van der Waals surface area contributed by atoms with E-state index in [2.05, 4.69) is 18.8 Å². The van der Waals surface area contributed by atoms with E-state index >= 15 is 0 Å². The van der Waals surface area contributed by atoms with Gasteiger partial charge in [-0.25, -0.2) is 0 Å². The second-order valence-electron chi connectivity index (χ2n) is 12.6. The van der Waals surface area contributed by atoms with E-state index in [9.17, 15) is 28.2 Å². The first-order chi connectivity index (χ1) is 23.7. The molecule has 0 saturated carbocycles. The van der Waals surface area contributed by atoms with Gasteiger partial charge in [0.1, 0.15) is 24.4 Å². The van der Waals surface area contributed by atoms with E-state index in [4.69, 9.17) is 18.9 Å². The van der Waals surface area contributed by atoms with Crippen LogP contribution in [-0.4, -0.2) is 66.1 Å². The lowest BCUT2D eigenvalue weighted by Gasteiger charge is -2.44. The number of aliphatic hydroxyl groups excluding tert-OH is 2. The minimum Gasteiger partial charge on any atom is -0.394 e. The van der Waals surface area contributed by atoms with Crippen LogP contribution in [0, 0.1) is 0 Å². The van der Waals surface area contributed by atoms with Gasteiger partial charge in [-0.3, -0.25) is 4.79 Å². The van der Waals surface area contributed by atoms with Crippen molar-refractivity contribution in [1.82, 2.24) is 5.32 Å². The van der Waals surface area contributed by atoms with Gasteiger partial charge >= 0.3 is 6.18 Å². The molecule has 1 aliphatic rings. The van der Waals surface area contributed by atoms with Crippen molar-refractivity contribution >= 4 is 5.91 Å². The van der Waals surface area contributed by atoms with E-state index < -0.39 is 61.0 Å². The molecule has 1 fully saturated rings. The van der Waals surface area contributed by atoms with Crippen molar-refractivity contribution in [3.8, 4) is 0 Å². The Balaban J connectivity index is 1.65. The number of alkyl halides is 3. The van der Waals surface area contributed by atoms with Gasteiger partial charge in [0.15, 0.2) is 6.29 Å². The molecule has 11 heteroatoms. The zero-order valence-corrected chi connectivity index (χ0v) is 28.6. The van der Waals surface area contributed by atoms with Crippen molar-refractivity contribution in [3.05, 3.63) is 83.9 Å². The van der Waals surface area contributed by atoms with Crippen molar-refractivity contribution in [2.45, 2.75) is 134 Å². The minimum absolute atomic E-state index is 0.0430. The average Bonchev–Trinajstić information content (AvgIpc) is 3.09. The number of amides is 1. The number of carbonyl (C=O) groups excluding carboxylic acids is 1. The van der Waals surface area contributed by atoms with E-state index in [0.29, 0.717) is 12.0 Å². The Kier molecular flexibility index (Phi) is 18.3. The SMILES string of the molecule is C=CCO[C@H]1O[C@H](CO)[C@@H](OCc2ccccc2)[C@H](O)[C@H]1NC(=O)C[C@@H](CCCCCCCCCCC)OCc1ccc(C(F)(F)F)cc1. The molecule has 6 atom stereocenters. The average molecular weight is 694 g/mol. The number of halogens is 3. The molecule has 3 N–H and O–H groups in total. The second-order valence-corrected chi connectivity index (χ2v) is 12.6. The number of rotatable bonds is 23. The monoisotopic (exact) mass is 693 g/mol. The standard InChI is InChI=1S/C38H54F3NO7/c1-3-5-6-7-8-9-10-11-15-18-31(47-26-29-19-21-30(22-20-29)38(39,40)41)24-33(44)42-34-35(45)36(48-27-28-16-13-12-14-17-28)32(25-43)49-37(34)46-23-4-2/h4,12-14,16-17,19-22,31-32,34-37,43,45H,2-3,5-11,15,18,23-27H2,1H3,(H,42,44)/t31-,32-,34-,35-,36-,37+/m1/s1. The molecule has 0 radical (unpaired) electrons. The lowest BCUT2D eigenvalue weighted by Crippen LogP contribution is -2.65. The topological polar surface area (TPSA) is 106 Å². The van der Waals surface area contributed by atoms with Gasteiger partial charge in [-0.1, -0.05) is 113 Å². The third-order valence-corrected chi connectivity index (χ3v) is 8.65. The number of hydrogen-bond donors (Lipinski definition) is 3. The van der Waals surface area contributed by atoms with E-state index in [1.165, 1.54) is 50.3 Å². The molecule has 1 saturated heterocycles. The van der Waals surface area contributed by atoms with Crippen LogP contribution >= 0.6 is 0 Å². The summed E-state index contributed by atoms with van der Waals surface area (Å²) < 4.78 is 63.0. The molecule has 0 unspecified atom stereocenters. The molecule has 1 amide bonds. The maximum atomic E-state index is 13.5. The summed E-state index contributed by atoms with van der Waals surface area (Å²) in [7, 11) is 0. The third-order valence-electron chi connectivity index (χ3n) is 8.65. The fourth-order valence-corrected chi connectivity index (χ4v) is 5.88. The number of ether oxygens (including phenoxy) is 4. The maximum absolute atomic E-state index is 13.5. The number of unbranched alkanes of at least 4 members (excludes halogenated alkanes) is 8. The van der Waals surface area contributed by atoms with E-state index in [-0.39, 0.29) is 26.2 Å². The third kappa shape index (κ3) is 14.5. The highest BCUT2D eigenvalue weighted by atomic mass is 19.4. The van der Waals surface area contributed by atoms with Crippen LogP contribution in [0.5, 0.6) is 0 Å². The van der Waals surface area contributed by atoms with Crippen LogP contribution < -0.4 is 5.32 Å². The summed E-state index contributed by atoms with van der Waals surface area (Å²) in [6, 6.07) is 13.1. The van der Waals surface area contributed by atoms with Crippen molar-refractivity contribution < 1.29 is 47.1 Å². The molecule has 0 aliphatic carbocycles. The quantitative estimate of drug-likeness (QED) is 0.0832. The summed E-state index contributed by atoms with van der Waals surface area (Å²) in [5, 5.41) is 24.3. The Hall–Kier alpha value is -2.80. The molecule has 0 spiro atoms. The Morgan fingerprint density at radius 2 is 1.57 bits per heavy atom. The first-order valence-corrected chi connectivity index (χ1v) is 17.6. The predicted molar refractivity (Wildman–Crippen MR) is 181 cm³/mol. The summed E-state index contributed by atoms with van der Waals surface area (Å²) in [4.78, 5) is 13.5. The normalized spacial score (nSPS) is 21.7. The van der Waals surface area contributed by atoms with Gasteiger partial charge in [0, 0.05) is 0 Å². The summed E-state index contributed by atoms with van der Waals surface area (Å²) in [6.07, 6.45) is 3.04. The molecular formula is C38H54F3NO7. The second kappa shape index (κ2) is 22.1. The number of nitrogens with one attached hydrogen (secondary N) is 1. The molecule has 0 bridgehead atoms. The summed E-state index contributed by atoms with van der Waals surface area (Å²) in [5.74, 6) is -0.419. The van der Waals surface area contributed by atoms with Gasteiger partial charge in [0.2, 0.25) is 5.91 Å². The van der Waals surface area contributed by atoms with Crippen molar-refractivity contribution in [3.63, 3.8) is 0 Å². The number of benzene rings is 2. The van der Waals surface area contributed by atoms with Crippen LogP contribution in [0.15, 0.2) is 67.3 Å². The van der Waals surface area contributed by atoms with Crippen molar-refractivity contribution in [1.29, 1.82) is 0 Å². The lowest BCUT2D eigenvalue weighted by molar-refractivity contribution is -0.277. The molecule has 3 rings (SSSR count). The molecule has 2 aromatic rings. The first-order valence-electron chi connectivity index (χ1n) is 17.6. The van der Waals surface area contributed by atoms with E-state index in [1.807, 2.05) is 30.3 Å². The van der Waals surface area contributed by atoms with Crippen LogP contribution in [-0.2, 0) is 43.1 Å². The Bertz CT molecular complexity index is 1200. The zero-order valence-electron chi connectivity index (χ0n) is 28.6. The minimum atomic E-state index is -4.43. The number of aliphatic hydroxyl groups is 2. The van der Waals surface area contributed by atoms with Crippen LogP contribution in [0.4, 0.5) is 13.2 Å². The largest absolute Gasteiger partial charge is 0.416 e.